The van der Waals surface area contributed by atoms with Gasteiger partial charge in [0.2, 0.25) is 11.8 Å². The first-order valence-electron chi connectivity index (χ1n) is 7.67. The van der Waals surface area contributed by atoms with Gasteiger partial charge in [-0.15, -0.1) is 10.2 Å². The highest BCUT2D eigenvalue weighted by Gasteiger charge is 2.14. The zero-order chi connectivity index (χ0) is 17.8. The molecule has 1 heterocycles. The summed E-state index contributed by atoms with van der Waals surface area (Å²) >= 11 is 5.98. The predicted octanol–water partition coefficient (Wildman–Crippen LogP) is 3.70. The van der Waals surface area contributed by atoms with E-state index in [0.717, 1.165) is 5.56 Å². The molecule has 0 bridgehead atoms. The molecule has 6 nitrogen and oxygen atoms in total. The minimum atomic E-state index is -0.0757. The number of halogens is 1. The first-order chi connectivity index (χ1) is 12.0. The van der Waals surface area contributed by atoms with Crippen molar-refractivity contribution in [2.75, 3.05) is 19.4 Å². The number of carbonyl (C=O) groups excluding carboxylic acids is 1. The lowest BCUT2D eigenvalue weighted by Gasteiger charge is -2.14. The number of para-hydroxylation sites is 1. The Morgan fingerprint density at radius 3 is 2.72 bits per heavy atom. The third kappa shape index (κ3) is 3.97. The lowest BCUT2D eigenvalue weighted by Crippen LogP contribution is -2.22. The molecule has 7 heteroatoms. The van der Waals surface area contributed by atoms with E-state index >= 15 is 0 Å². The van der Waals surface area contributed by atoms with E-state index in [1.54, 1.807) is 32.3 Å². The highest BCUT2D eigenvalue weighted by Crippen LogP contribution is 2.22. The largest absolute Gasteiger partial charge is 0.419 e. The maximum absolute atomic E-state index is 12.2. The number of rotatable bonds is 5. The number of carbonyl (C=O) groups is 1. The summed E-state index contributed by atoms with van der Waals surface area (Å²) in [6.45, 7) is 0.311. The van der Waals surface area contributed by atoms with Crippen molar-refractivity contribution in [2.45, 2.75) is 6.54 Å². The van der Waals surface area contributed by atoms with Gasteiger partial charge in [-0.05, 0) is 30.3 Å². The zero-order valence-electron chi connectivity index (χ0n) is 13.9. The summed E-state index contributed by atoms with van der Waals surface area (Å²) in [7, 11) is 3.43. The fourth-order valence-electron chi connectivity index (χ4n) is 2.30. The van der Waals surface area contributed by atoms with Gasteiger partial charge in [-0.25, -0.2) is 0 Å². The van der Waals surface area contributed by atoms with Gasteiger partial charge in [-0.2, -0.15) is 0 Å². The molecule has 0 radical (unpaired) electrons. The molecule has 1 aromatic heterocycles. The van der Waals surface area contributed by atoms with E-state index < -0.39 is 0 Å². The molecule has 0 saturated carbocycles. The number of amides is 1. The summed E-state index contributed by atoms with van der Waals surface area (Å²) in [4.78, 5) is 13.8. The summed E-state index contributed by atoms with van der Waals surface area (Å²) in [5.41, 5.74) is 2.06. The smallest absolute Gasteiger partial charge is 0.255 e. The van der Waals surface area contributed by atoms with Crippen LogP contribution in [0.2, 0.25) is 5.02 Å². The van der Waals surface area contributed by atoms with Crippen molar-refractivity contribution in [2.24, 2.45) is 0 Å². The molecule has 0 aliphatic carbocycles. The van der Waals surface area contributed by atoms with Gasteiger partial charge in [-0.3, -0.25) is 4.79 Å². The Kier molecular flexibility index (Phi) is 5.00. The van der Waals surface area contributed by atoms with Crippen molar-refractivity contribution in [3.63, 3.8) is 0 Å². The van der Waals surface area contributed by atoms with Crippen LogP contribution in [0.4, 0.5) is 5.69 Å². The molecule has 3 aromatic rings. The Morgan fingerprint density at radius 1 is 1.16 bits per heavy atom. The quantitative estimate of drug-likeness (QED) is 0.754. The topological polar surface area (TPSA) is 71.3 Å². The number of benzene rings is 2. The van der Waals surface area contributed by atoms with E-state index in [4.69, 9.17) is 16.0 Å². The molecule has 25 heavy (non-hydrogen) atoms. The van der Waals surface area contributed by atoms with Crippen molar-refractivity contribution >= 4 is 23.2 Å². The van der Waals surface area contributed by atoms with Crippen molar-refractivity contribution < 1.29 is 9.21 Å². The molecular weight excluding hydrogens is 340 g/mol. The van der Waals surface area contributed by atoms with Crippen LogP contribution in [0.25, 0.3) is 11.5 Å². The number of nitrogens with zero attached hydrogens (tertiary/aromatic N) is 3. The van der Waals surface area contributed by atoms with Gasteiger partial charge in [-0.1, -0.05) is 29.8 Å². The molecule has 0 unspecified atom stereocenters. The Hall–Kier alpha value is -2.86. The summed E-state index contributed by atoms with van der Waals surface area (Å²) in [6.07, 6.45) is 0. The highest BCUT2D eigenvalue weighted by atomic mass is 35.5. The van der Waals surface area contributed by atoms with Crippen LogP contribution in [0.1, 0.15) is 16.2 Å². The lowest BCUT2D eigenvalue weighted by molar-refractivity contribution is 0.0828. The molecule has 3 rings (SSSR count). The number of nitrogens with one attached hydrogen (secondary N) is 1. The van der Waals surface area contributed by atoms with E-state index in [2.05, 4.69) is 15.5 Å². The average molecular weight is 357 g/mol. The minimum absolute atomic E-state index is 0.0757. The Balaban J connectivity index is 1.74. The standard InChI is InChI=1S/C18H17ClN4O2/c1-23(2)18(24)14-8-3-4-9-15(14)20-11-16-21-22-17(25-16)12-6-5-7-13(19)10-12/h3-10,20H,11H2,1-2H3. The number of aromatic nitrogens is 2. The molecule has 0 saturated heterocycles. The number of anilines is 1. The second-order valence-electron chi connectivity index (χ2n) is 5.61. The molecule has 128 valence electrons. The fourth-order valence-corrected chi connectivity index (χ4v) is 2.49. The third-order valence-corrected chi connectivity index (χ3v) is 3.77. The monoisotopic (exact) mass is 356 g/mol. The van der Waals surface area contributed by atoms with Gasteiger partial charge in [0.05, 0.1) is 12.1 Å². The number of hydrogen-bond donors (Lipinski definition) is 1. The van der Waals surface area contributed by atoms with Gasteiger partial charge < -0.3 is 14.6 Å². The molecule has 0 fully saturated rings. The Morgan fingerprint density at radius 2 is 1.96 bits per heavy atom. The summed E-state index contributed by atoms with van der Waals surface area (Å²) in [5, 5.41) is 11.8. The summed E-state index contributed by atoms with van der Waals surface area (Å²) in [5.74, 6) is 0.743. The van der Waals surface area contributed by atoms with Gasteiger partial charge >= 0.3 is 0 Å². The second-order valence-corrected chi connectivity index (χ2v) is 6.05. The van der Waals surface area contributed by atoms with Crippen LogP contribution in [0.15, 0.2) is 52.9 Å². The van der Waals surface area contributed by atoms with Crippen LogP contribution >= 0.6 is 11.6 Å². The van der Waals surface area contributed by atoms with Crippen molar-refractivity contribution in [3.05, 3.63) is 65.0 Å². The van der Waals surface area contributed by atoms with Gasteiger partial charge in [0.25, 0.3) is 5.91 Å². The van der Waals surface area contributed by atoms with Gasteiger partial charge in [0.15, 0.2) is 0 Å². The highest BCUT2D eigenvalue weighted by molar-refractivity contribution is 6.30. The third-order valence-electron chi connectivity index (χ3n) is 3.53. The number of hydrogen-bond acceptors (Lipinski definition) is 5. The normalized spacial score (nSPS) is 10.5. The lowest BCUT2D eigenvalue weighted by atomic mass is 10.1. The average Bonchev–Trinajstić information content (AvgIpc) is 3.08. The maximum Gasteiger partial charge on any atom is 0.255 e. The molecular formula is C18H17ClN4O2. The van der Waals surface area contributed by atoms with E-state index in [1.165, 1.54) is 4.90 Å². The molecule has 2 aromatic carbocycles. The second kappa shape index (κ2) is 7.36. The minimum Gasteiger partial charge on any atom is -0.419 e. The van der Waals surface area contributed by atoms with Gasteiger partial charge in [0, 0.05) is 30.4 Å². The zero-order valence-corrected chi connectivity index (χ0v) is 14.6. The summed E-state index contributed by atoms with van der Waals surface area (Å²) in [6, 6.07) is 14.5. The van der Waals surface area contributed by atoms with Crippen LogP contribution < -0.4 is 5.32 Å². The van der Waals surface area contributed by atoms with Crippen molar-refractivity contribution in [3.8, 4) is 11.5 Å². The molecule has 1 N–H and O–H groups in total. The summed E-state index contributed by atoms with van der Waals surface area (Å²) < 4.78 is 5.66. The SMILES string of the molecule is CN(C)C(=O)c1ccccc1NCc1nnc(-c2cccc(Cl)c2)o1. The molecule has 0 aliphatic heterocycles. The van der Waals surface area contributed by atoms with E-state index in [0.29, 0.717) is 34.6 Å². The molecule has 0 spiro atoms. The fraction of sp³-hybridized carbons (Fsp3) is 0.167. The van der Waals surface area contributed by atoms with Crippen LogP contribution in [0.3, 0.4) is 0 Å². The van der Waals surface area contributed by atoms with Crippen molar-refractivity contribution in [1.29, 1.82) is 0 Å². The van der Waals surface area contributed by atoms with E-state index in [9.17, 15) is 4.79 Å². The predicted molar refractivity (Wildman–Crippen MR) is 96.5 cm³/mol. The molecule has 0 atom stereocenters. The Bertz CT molecular complexity index is 892. The van der Waals surface area contributed by atoms with Crippen LogP contribution in [-0.2, 0) is 6.54 Å². The van der Waals surface area contributed by atoms with Gasteiger partial charge in [0.1, 0.15) is 0 Å². The van der Waals surface area contributed by atoms with Crippen LogP contribution in [0, 0.1) is 0 Å². The first-order valence-corrected chi connectivity index (χ1v) is 8.05. The van der Waals surface area contributed by atoms with Crippen LogP contribution in [-0.4, -0.2) is 35.1 Å². The van der Waals surface area contributed by atoms with Crippen molar-refractivity contribution in [1.82, 2.24) is 15.1 Å². The molecule has 0 aliphatic rings. The maximum atomic E-state index is 12.2. The molecule has 1 amide bonds. The first kappa shape index (κ1) is 17.0. The Labute approximate surface area is 150 Å². The van der Waals surface area contributed by atoms with E-state index in [1.807, 2.05) is 30.3 Å². The van der Waals surface area contributed by atoms with E-state index in [-0.39, 0.29) is 5.91 Å². The van der Waals surface area contributed by atoms with Crippen LogP contribution in [0.5, 0.6) is 0 Å².